The molecule has 1 aliphatic heterocycles. The van der Waals surface area contributed by atoms with Crippen molar-refractivity contribution in [2.75, 3.05) is 25.3 Å². The molecule has 1 amide bonds. The highest BCUT2D eigenvalue weighted by atomic mass is 16.7. The Kier molecular flexibility index (Phi) is 5.72. The molecule has 1 N–H and O–H groups in total. The van der Waals surface area contributed by atoms with Crippen molar-refractivity contribution < 1.29 is 37.7 Å². The summed E-state index contributed by atoms with van der Waals surface area (Å²) in [6.45, 7) is 4.77. The zero-order chi connectivity index (χ0) is 22.8. The van der Waals surface area contributed by atoms with Gasteiger partial charge in [0.15, 0.2) is 23.9 Å². The van der Waals surface area contributed by atoms with E-state index in [4.69, 9.17) is 23.4 Å². The van der Waals surface area contributed by atoms with Crippen molar-refractivity contribution >= 4 is 34.3 Å². The Morgan fingerprint density at radius 1 is 1.09 bits per heavy atom. The van der Waals surface area contributed by atoms with Gasteiger partial charge in [-0.15, -0.1) is 0 Å². The maximum absolute atomic E-state index is 12.5. The number of amides is 1. The fourth-order valence-electron chi connectivity index (χ4n) is 3.42. The fourth-order valence-corrected chi connectivity index (χ4v) is 3.42. The third kappa shape index (κ3) is 4.09. The molecule has 0 bridgehead atoms. The summed E-state index contributed by atoms with van der Waals surface area (Å²) in [5, 5.41) is 3.20. The van der Waals surface area contributed by atoms with Gasteiger partial charge in [-0.3, -0.25) is 9.59 Å². The summed E-state index contributed by atoms with van der Waals surface area (Å²) >= 11 is 0. The summed E-state index contributed by atoms with van der Waals surface area (Å²) in [6, 6.07) is 7.99. The molecule has 0 atom stereocenters. The highest BCUT2D eigenvalue weighted by Crippen LogP contribution is 2.37. The number of anilines is 1. The van der Waals surface area contributed by atoms with Gasteiger partial charge >= 0.3 is 5.97 Å². The maximum atomic E-state index is 12.5. The Morgan fingerprint density at radius 3 is 2.56 bits per heavy atom. The monoisotopic (exact) mass is 439 g/mol. The quantitative estimate of drug-likeness (QED) is 0.436. The van der Waals surface area contributed by atoms with Crippen LogP contribution < -0.4 is 19.5 Å². The lowest BCUT2D eigenvalue weighted by Crippen LogP contribution is -2.21. The number of benzene rings is 2. The minimum absolute atomic E-state index is 0.0525. The molecule has 0 unspecified atom stereocenters. The molecule has 4 rings (SSSR count). The molecule has 9 heteroatoms. The second-order valence-electron chi connectivity index (χ2n) is 7.06. The van der Waals surface area contributed by atoms with Gasteiger partial charge < -0.3 is 28.7 Å². The van der Waals surface area contributed by atoms with Crippen molar-refractivity contribution in [3.05, 3.63) is 47.2 Å². The Labute approximate surface area is 183 Å². The molecule has 2 heterocycles. The zero-order valence-electron chi connectivity index (χ0n) is 17.8. The molecular formula is C23H21NO8. The van der Waals surface area contributed by atoms with E-state index in [-0.39, 0.29) is 25.8 Å². The van der Waals surface area contributed by atoms with Crippen LogP contribution in [-0.4, -0.2) is 37.7 Å². The first kappa shape index (κ1) is 21.2. The van der Waals surface area contributed by atoms with Crippen LogP contribution in [0.3, 0.4) is 0 Å². The van der Waals surface area contributed by atoms with Crippen LogP contribution in [0.4, 0.5) is 5.69 Å². The highest BCUT2D eigenvalue weighted by molar-refractivity contribution is 6.06. The first-order valence-electron chi connectivity index (χ1n) is 9.95. The molecule has 0 saturated heterocycles. The van der Waals surface area contributed by atoms with Gasteiger partial charge in [-0.05, 0) is 45.0 Å². The van der Waals surface area contributed by atoms with E-state index in [2.05, 4.69) is 5.32 Å². The van der Waals surface area contributed by atoms with Crippen molar-refractivity contribution in [1.82, 2.24) is 0 Å². The van der Waals surface area contributed by atoms with Crippen molar-refractivity contribution in [3.8, 4) is 17.2 Å². The van der Waals surface area contributed by atoms with Crippen LogP contribution in [0.5, 0.6) is 17.2 Å². The van der Waals surface area contributed by atoms with E-state index in [1.54, 1.807) is 38.1 Å². The Bertz CT molecular complexity index is 1230. The lowest BCUT2D eigenvalue weighted by Gasteiger charge is -2.11. The average Bonchev–Trinajstić information content (AvgIpc) is 3.34. The van der Waals surface area contributed by atoms with Crippen molar-refractivity contribution in [3.63, 3.8) is 0 Å². The number of nitrogens with one attached hydrogen (secondary N) is 1. The molecule has 0 spiro atoms. The third-order valence-electron chi connectivity index (χ3n) is 4.85. The maximum Gasteiger partial charge on any atom is 0.342 e. The van der Waals surface area contributed by atoms with Crippen molar-refractivity contribution in [1.29, 1.82) is 0 Å². The van der Waals surface area contributed by atoms with Gasteiger partial charge in [0.2, 0.25) is 6.79 Å². The third-order valence-corrected chi connectivity index (χ3v) is 4.85. The Balaban J connectivity index is 1.49. The fraction of sp³-hybridized carbons (Fsp3) is 0.261. The van der Waals surface area contributed by atoms with Gasteiger partial charge in [-0.1, -0.05) is 0 Å². The molecule has 0 fully saturated rings. The largest absolute Gasteiger partial charge is 0.484 e. The number of rotatable bonds is 7. The molecule has 0 saturated carbocycles. The number of carbonyl (C=O) groups is 3. The number of esters is 1. The molecule has 3 aromatic rings. The summed E-state index contributed by atoms with van der Waals surface area (Å²) in [5.41, 5.74) is 1.44. The second kappa shape index (κ2) is 8.62. The molecule has 166 valence electrons. The topological polar surface area (TPSA) is 113 Å². The predicted octanol–water partition coefficient (Wildman–Crippen LogP) is 3.87. The van der Waals surface area contributed by atoms with Crippen LogP contribution in [-0.2, 0) is 9.53 Å². The smallest absolute Gasteiger partial charge is 0.342 e. The number of hydrogen-bond donors (Lipinski definition) is 1. The number of ketones is 1. The number of hydrogen-bond acceptors (Lipinski definition) is 8. The number of fused-ring (bicyclic) bond motifs is 2. The zero-order valence-corrected chi connectivity index (χ0v) is 17.8. The van der Waals surface area contributed by atoms with Crippen LogP contribution in [0, 0.1) is 6.92 Å². The summed E-state index contributed by atoms with van der Waals surface area (Å²) in [4.78, 5) is 36.7. The standard InChI is InChI=1S/C23H21NO8/c1-4-28-23(27)22-13(3)32-18-6-5-14(7-16(18)22)29-10-21(26)24-17-9-20-19(30-11-31-20)8-15(17)12(2)25/h5-9H,4,10-11H2,1-3H3,(H,24,26). The van der Waals surface area contributed by atoms with E-state index in [1.165, 1.54) is 13.0 Å². The van der Waals surface area contributed by atoms with Gasteiger partial charge in [0.1, 0.15) is 22.7 Å². The minimum Gasteiger partial charge on any atom is -0.484 e. The Hall–Kier alpha value is -4.01. The number of ether oxygens (including phenoxy) is 4. The molecule has 1 aromatic heterocycles. The van der Waals surface area contributed by atoms with Crippen molar-refractivity contribution in [2.45, 2.75) is 20.8 Å². The van der Waals surface area contributed by atoms with E-state index in [9.17, 15) is 14.4 Å². The number of aryl methyl sites for hydroxylation is 1. The average molecular weight is 439 g/mol. The molecule has 0 radical (unpaired) electrons. The molecule has 0 aliphatic carbocycles. The van der Waals surface area contributed by atoms with E-state index < -0.39 is 11.9 Å². The van der Waals surface area contributed by atoms with Gasteiger partial charge in [-0.2, -0.15) is 0 Å². The summed E-state index contributed by atoms with van der Waals surface area (Å²) in [6.07, 6.45) is 0. The summed E-state index contributed by atoms with van der Waals surface area (Å²) < 4.78 is 26.9. The van der Waals surface area contributed by atoms with Crippen molar-refractivity contribution in [2.24, 2.45) is 0 Å². The van der Waals surface area contributed by atoms with E-state index >= 15 is 0 Å². The van der Waals surface area contributed by atoms with Gasteiger partial charge in [0, 0.05) is 17.0 Å². The van der Waals surface area contributed by atoms with E-state index in [1.807, 2.05) is 0 Å². The SMILES string of the molecule is CCOC(=O)c1c(C)oc2ccc(OCC(=O)Nc3cc4c(cc3C(C)=O)OCO4)cc12. The molecule has 9 nitrogen and oxygen atoms in total. The first-order chi connectivity index (χ1) is 15.4. The van der Waals surface area contributed by atoms with E-state index in [0.29, 0.717) is 50.8 Å². The summed E-state index contributed by atoms with van der Waals surface area (Å²) in [5.74, 6) is 0.513. The van der Waals surface area contributed by atoms with Crippen LogP contribution >= 0.6 is 0 Å². The summed E-state index contributed by atoms with van der Waals surface area (Å²) in [7, 11) is 0. The number of furan rings is 1. The van der Waals surface area contributed by atoms with E-state index in [0.717, 1.165) is 0 Å². The van der Waals surface area contributed by atoms with Crippen LogP contribution in [0.2, 0.25) is 0 Å². The highest BCUT2D eigenvalue weighted by Gasteiger charge is 2.22. The molecule has 32 heavy (non-hydrogen) atoms. The first-order valence-corrected chi connectivity index (χ1v) is 9.95. The second-order valence-corrected chi connectivity index (χ2v) is 7.06. The number of carbonyl (C=O) groups excluding carboxylic acids is 3. The number of Topliss-reactive ketones (excluding diaryl/α,β-unsaturated/α-hetero) is 1. The normalized spacial score (nSPS) is 12.0. The lowest BCUT2D eigenvalue weighted by molar-refractivity contribution is -0.118. The molecular weight excluding hydrogens is 418 g/mol. The van der Waals surface area contributed by atoms with Crippen LogP contribution in [0.1, 0.15) is 40.3 Å². The lowest BCUT2D eigenvalue weighted by atomic mass is 10.1. The molecule has 1 aliphatic rings. The van der Waals surface area contributed by atoms with Crippen LogP contribution in [0.25, 0.3) is 11.0 Å². The van der Waals surface area contributed by atoms with Gasteiger partial charge in [0.05, 0.1) is 12.3 Å². The van der Waals surface area contributed by atoms with Gasteiger partial charge in [-0.25, -0.2) is 4.79 Å². The van der Waals surface area contributed by atoms with Gasteiger partial charge in [0.25, 0.3) is 5.91 Å². The molecule has 2 aromatic carbocycles. The predicted molar refractivity (Wildman–Crippen MR) is 114 cm³/mol. The Morgan fingerprint density at radius 2 is 1.84 bits per heavy atom. The minimum atomic E-state index is -0.488. The van der Waals surface area contributed by atoms with Crippen LogP contribution in [0.15, 0.2) is 34.7 Å².